The number of amides is 1. The summed E-state index contributed by atoms with van der Waals surface area (Å²) >= 11 is 6.00. The van der Waals surface area contributed by atoms with E-state index < -0.39 is 17.8 Å². The van der Waals surface area contributed by atoms with Gasteiger partial charge in [0.25, 0.3) is 5.91 Å². The molecule has 1 fully saturated rings. The van der Waals surface area contributed by atoms with Gasteiger partial charge < -0.3 is 19.7 Å². The van der Waals surface area contributed by atoms with Crippen LogP contribution in [0.3, 0.4) is 0 Å². The van der Waals surface area contributed by atoms with Gasteiger partial charge in [-0.25, -0.2) is 0 Å². The molecule has 3 aromatic rings. The van der Waals surface area contributed by atoms with Crippen LogP contribution in [0, 0.1) is 5.92 Å². The Kier molecular flexibility index (Phi) is 9.08. The normalized spacial score (nSPS) is 18.3. The van der Waals surface area contributed by atoms with Crippen molar-refractivity contribution in [2.24, 2.45) is 5.92 Å². The molecule has 1 saturated heterocycles. The first-order chi connectivity index (χ1) is 18.6. The molecule has 3 atom stereocenters. The van der Waals surface area contributed by atoms with Crippen LogP contribution in [-0.2, 0) is 17.5 Å². The molecule has 0 radical (unpaired) electrons. The lowest BCUT2D eigenvalue weighted by atomic mass is 9.98. The molecule has 0 saturated carbocycles. The zero-order valence-corrected chi connectivity index (χ0v) is 22.8. The summed E-state index contributed by atoms with van der Waals surface area (Å²) < 4.78 is 51.5. The van der Waals surface area contributed by atoms with Crippen molar-refractivity contribution >= 4 is 17.5 Å². The number of hydrogen-bond donors (Lipinski definition) is 1. The quantitative estimate of drug-likeness (QED) is 0.309. The van der Waals surface area contributed by atoms with E-state index in [9.17, 15) is 18.0 Å². The highest BCUT2D eigenvalue weighted by molar-refractivity contribution is 6.30. The second kappa shape index (κ2) is 12.3. The number of likely N-dealkylation sites (tertiary alicyclic amines) is 1. The average Bonchev–Trinajstić information content (AvgIpc) is 3.34. The third kappa shape index (κ3) is 6.86. The van der Waals surface area contributed by atoms with Crippen LogP contribution in [0.25, 0.3) is 0 Å². The van der Waals surface area contributed by atoms with E-state index in [2.05, 4.69) is 5.32 Å². The lowest BCUT2D eigenvalue weighted by Crippen LogP contribution is -2.46. The Labute approximate surface area is 231 Å². The minimum absolute atomic E-state index is 0.106. The van der Waals surface area contributed by atoms with E-state index in [0.717, 1.165) is 17.7 Å². The van der Waals surface area contributed by atoms with E-state index in [4.69, 9.17) is 21.1 Å². The van der Waals surface area contributed by atoms with Crippen LogP contribution in [0.5, 0.6) is 11.5 Å². The summed E-state index contributed by atoms with van der Waals surface area (Å²) in [5.74, 6) is 0.669. The van der Waals surface area contributed by atoms with Gasteiger partial charge >= 0.3 is 6.18 Å². The van der Waals surface area contributed by atoms with Gasteiger partial charge in [-0.3, -0.25) is 4.79 Å². The summed E-state index contributed by atoms with van der Waals surface area (Å²) in [6.45, 7) is 4.49. The zero-order chi connectivity index (χ0) is 28.2. The van der Waals surface area contributed by atoms with Gasteiger partial charge in [-0.2, -0.15) is 13.2 Å². The maximum Gasteiger partial charge on any atom is 0.416 e. The maximum atomic E-state index is 13.9. The van der Waals surface area contributed by atoms with Crippen LogP contribution < -0.4 is 14.8 Å². The number of benzene rings is 3. The van der Waals surface area contributed by atoms with Crippen LogP contribution >= 0.6 is 11.6 Å². The molecule has 0 spiro atoms. The molecule has 1 N–H and O–H groups in total. The summed E-state index contributed by atoms with van der Waals surface area (Å²) in [5.41, 5.74) is 0.600. The van der Waals surface area contributed by atoms with Crippen molar-refractivity contribution in [3.05, 3.63) is 94.5 Å². The van der Waals surface area contributed by atoms with Gasteiger partial charge in [0.15, 0.2) is 6.10 Å². The third-order valence-corrected chi connectivity index (χ3v) is 7.16. The fourth-order valence-corrected chi connectivity index (χ4v) is 5.07. The molecule has 0 aliphatic carbocycles. The van der Waals surface area contributed by atoms with Gasteiger partial charge in [0.1, 0.15) is 11.5 Å². The minimum atomic E-state index is -4.46. The van der Waals surface area contributed by atoms with Crippen LogP contribution in [0.15, 0.2) is 72.8 Å². The largest absolute Gasteiger partial charge is 0.496 e. The lowest BCUT2D eigenvalue weighted by molar-refractivity contribution is -0.142. The standard InChI is InChI=1S/C30H32ClF3N2O3/c1-19(2)28(39-24-12-10-23(31)11-13-24)29(37)36-16-15-25(27(36)20-7-5-4-6-8-20)35-18-21-17-22(30(32,33)34)9-14-26(21)38-3/h4-14,17,19,25,27-28,35H,15-16,18H2,1-3H3. The number of alkyl halides is 3. The summed E-state index contributed by atoms with van der Waals surface area (Å²) in [7, 11) is 1.43. The first-order valence-corrected chi connectivity index (χ1v) is 13.2. The number of methoxy groups -OCH3 is 1. The Hall–Kier alpha value is -3.23. The number of nitrogens with zero attached hydrogens (tertiary/aromatic N) is 1. The second-order valence-corrected chi connectivity index (χ2v) is 10.4. The van der Waals surface area contributed by atoms with E-state index in [0.29, 0.717) is 35.1 Å². The van der Waals surface area contributed by atoms with E-state index in [-0.39, 0.29) is 30.5 Å². The van der Waals surface area contributed by atoms with Gasteiger partial charge in [0.2, 0.25) is 0 Å². The molecule has 0 bridgehead atoms. The molecule has 1 aliphatic heterocycles. The molecule has 3 unspecified atom stereocenters. The lowest BCUT2D eigenvalue weighted by Gasteiger charge is -2.33. The molecule has 3 aromatic carbocycles. The molecule has 1 heterocycles. The highest BCUT2D eigenvalue weighted by Gasteiger charge is 2.42. The first-order valence-electron chi connectivity index (χ1n) is 12.8. The number of hydrogen-bond acceptors (Lipinski definition) is 4. The van der Waals surface area contributed by atoms with Crippen LogP contribution in [0.2, 0.25) is 5.02 Å². The second-order valence-electron chi connectivity index (χ2n) is 9.92. The Morgan fingerprint density at radius 1 is 1.08 bits per heavy atom. The Morgan fingerprint density at radius 2 is 1.77 bits per heavy atom. The van der Waals surface area contributed by atoms with E-state index >= 15 is 0 Å². The maximum absolute atomic E-state index is 13.9. The molecular weight excluding hydrogens is 529 g/mol. The molecular formula is C30H32ClF3N2O3. The summed E-state index contributed by atoms with van der Waals surface area (Å²) in [5, 5.41) is 3.99. The topological polar surface area (TPSA) is 50.8 Å². The molecule has 9 heteroatoms. The van der Waals surface area contributed by atoms with Crippen molar-refractivity contribution in [2.45, 2.75) is 51.2 Å². The first kappa shape index (κ1) is 28.8. The number of carbonyl (C=O) groups is 1. The van der Waals surface area contributed by atoms with E-state index in [1.54, 1.807) is 24.3 Å². The number of rotatable bonds is 9. The van der Waals surface area contributed by atoms with Crippen molar-refractivity contribution < 1.29 is 27.4 Å². The molecule has 5 nitrogen and oxygen atoms in total. The van der Waals surface area contributed by atoms with Crippen molar-refractivity contribution in [1.29, 1.82) is 0 Å². The van der Waals surface area contributed by atoms with Crippen molar-refractivity contribution in [1.82, 2.24) is 10.2 Å². The fourth-order valence-electron chi connectivity index (χ4n) is 4.94. The molecule has 4 rings (SSSR count). The van der Waals surface area contributed by atoms with E-state index in [1.165, 1.54) is 13.2 Å². The smallest absolute Gasteiger partial charge is 0.416 e. The number of halogens is 4. The third-order valence-electron chi connectivity index (χ3n) is 6.91. The average molecular weight is 561 g/mol. The summed E-state index contributed by atoms with van der Waals surface area (Å²) in [6, 6.07) is 19.5. The predicted octanol–water partition coefficient (Wildman–Crippen LogP) is 6.90. The molecule has 1 amide bonds. The van der Waals surface area contributed by atoms with Gasteiger partial charge in [-0.1, -0.05) is 55.8 Å². The molecule has 1 aliphatic rings. The number of carbonyl (C=O) groups excluding carboxylic acids is 1. The van der Waals surface area contributed by atoms with Crippen molar-refractivity contribution in [2.75, 3.05) is 13.7 Å². The number of nitrogens with one attached hydrogen (secondary N) is 1. The van der Waals surface area contributed by atoms with Crippen molar-refractivity contribution in [3.63, 3.8) is 0 Å². The zero-order valence-electron chi connectivity index (χ0n) is 22.0. The van der Waals surface area contributed by atoms with Gasteiger partial charge in [0, 0.05) is 29.7 Å². The van der Waals surface area contributed by atoms with Gasteiger partial charge in [-0.05, 0) is 60.4 Å². The number of ether oxygens (including phenoxy) is 2. The Bertz CT molecular complexity index is 1250. The SMILES string of the molecule is COc1ccc(C(F)(F)F)cc1CNC1CCN(C(=O)C(Oc2ccc(Cl)cc2)C(C)C)C1c1ccccc1. The summed E-state index contributed by atoms with van der Waals surface area (Å²) in [4.78, 5) is 15.7. The molecule has 0 aromatic heterocycles. The van der Waals surface area contributed by atoms with Crippen molar-refractivity contribution in [3.8, 4) is 11.5 Å². The predicted molar refractivity (Wildman–Crippen MR) is 145 cm³/mol. The fraction of sp³-hybridized carbons (Fsp3) is 0.367. The molecule has 208 valence electrons. The van der Waals surface area contributed by atoms with Crippen LogP contribution in [0.1, 0.15) is 43.0 Å². The van der Waals surface area contributed by atoms with Gasteiger partial charge in [-0.15, -0.1) is 0 Å². The minimum Gasteiger partial charge on any atom is -0.496 e. The van der Waals surface area contributed by atoms with E-state index in [1.807, 2.05) is 49.1 Å². The summed E-state index contributed by atoms with van der Waals surface area (Å²) in [6.07, 6.45) is -4.56. The highest BCUT2D eigenvalue weighted by Crippen LogP contribution is 2.36. The van der Waals surface area contributed by atoms with Gasteiger partial charge in [0.05, 0.1) is 18.7 Å². The Morgan fingerprint density at radius 3 is 2.38 bits per heavy atom. The van der Waals surface area contributed by atoms with Crippen LogP contribution in [-0.4, -0.2) is 36.6 Å². The Balaban J connectivity index is 1.58. The highest BCUT2D eigenvalue weighted by atomic mass is 35.5. The monoisotopic (exact) mass is 560 g/mol. The van der Waals surface area contributed by atoms with Crippen LogP contribution in [0.4, 0.5) is 13.2 Å². The molecule has 39 heavy (non-hydrogen) atoms.